The molecule has 0 bridgehead atoms. The van der Waals surface area contributed by atoms with E-state index in [1.165, 1.54) is 12.3 Å². The summed E-state index contributed by atoms with van der Waals surface area (Å²) in [4.78, 5) is 3.93. The third-order valence-electron chi connectivity index (χ3n) is 3.93. The Morgan fingerprint density at radius 2 is 2.32 bits per heavy atom. The van der Waals surface area contributed by atoms with Crippen LogP contribution in [0.3, 0.4) is 0 Å². The molecule has 1 aromatic heterocycles. The Morgan fingerprint density at radius 1 is 1.45 bits per heavy atom. The molecule has 0 spiro atoms. The van der Waals surface area contributed by atoms with E-state index in [0.29, 0.717) is 17.0 Å². The second kappa shape index (κ2) is 6.67. The lowest BCUT2D eigenvalue weighted by molar-refractivity contribution is -0.0419. The second-order valence-electron chi connectivity index (χ2n) is 5.65. The van der Waals surface area contributed by atoms with E-state index in [4.69, 9.17) is 27.9 Å². The summed E-state index contributed by atoms with van der Waals surface area (Å²) in [5.41, 5.74) is 0.702. The summed E-state index contributed by atoms with van der Waals surface area (Å²) in [7, 11) is 0. The van der Waals surface area contributed by atoms with Gasteiger partial charge in [-0.3, -0.25) is 4.98 Å². The molecular weight excluding hydrogens is 326 g/mol. The zero-order valence-electron chi connectivity index (χ0n) is 11.9. The fourth-order valence-corrected chi connectivity index (χ4v) is 3.52. The Balaban J connectivity index is 1.87. The molecule has 22 heavy (non-hydrogen) atoms. The predicted octanol–water partition coefficient (Wildman–Crippen LogP) is 3.91. The van der Waals surface area contributed by atoms with Gasteiger partial charge in [0.2, 0.25) is 0 Å². The third kappa shape index (κ3) is 3.69. The quantitative estimate of drug-likeness (QED) is 0.842. The van der Waals surface area contributed by atoms with Crippen LogP contribution in [0.2, 0.25) is 0 Å². The number of pyridine rings is 1. The van der Waals surface area contributed by atoms with Crippen LogP contribution < -0.4 is 5.32 Å². The van der Waals surface area contributed by atoms with Crippen molar-refractivity contribution in [1.82, 2.24) is 10.3 Å². The van der Waals surface area contributed by atoms with Crippen molar-refractivity contribution in [2.45, 2.75) is 24.0 Å². The van der Waals surface area contributed by atoms with E-state index in [1.54, 1.807) is 18.3 Å². The number of hydrogen-bond acceptors (Lipinski definition) is 3. The minimum Gasteiger partial charge on any atom is -0.347 e. The molecule has 0 amide bonds. The number of alkyl halides is 1. The smallest absolute Gasteiger partial charge is 0.166 e. The van der Waals surface area contributed by atoms with E-state index < -0.39 is 5.06 Å². The second-order valence-corrected chi connectivity index (χ2v) is 6.73. The molecule has 118 valence electrons. The van der Waals surface area contributed by atoms with Crippen molar-refractivity contribution < 1.29 is 9.13 Å². The SMILES string of the molecule is Fc1cncc([C@@H](OC2(Cl)C=C(Cl)C=CC2)[C@@H]2CCNC2)c1. The maximum atomic E-state index is 13.5. The highest BCUT2D eigenvalue weighted by molar-refractivity contribution is 6.33. The molecule has 1 aliphatic heterocycles. The maximum absolute atomic E-state index is 13.5. The maximum Gasteiger partial charge on any atom is 0.166 e. The summed E-state index contributed by atoms with van der Waals surface area (Å²) >= 11 is 12.6. The first-order chi connectivity index (χ1) is 10.6. The first-order valence-corrected chi connectivity index (χ1v) is 8.04. The highest BCUT2D eigenvalue weighted by atomic mass is 35.5. The van der Waals surface area contributed by atoms with Gasteiger partial charge in [-0.1, -0.05) is 29.3 Å². The van der Waals surface area contributed by atoms with E-state index in [0.717, 1.165) is 19.5 Å². The Hall–Kier alpha value is -0.940. The molecule has 0 radical (unpaired) electrons. The van der Waals surface area contributed by atoms with Crippen LogP contribution in [-0.4, -0.2) is 23.1 Å². The summed E-state index contributed by atoms with van der Waals surface area (Å²) in [6.45, 7) is 1.72. The molecule has 2 aliphatic rings. The monoisotopic (exact) mass is 342 g/mol. The van der Waals surface area contributed by atoms with Gasteiger partial charge in [0, 0.05) is 35.7 Å². The van der Waals surface area contributed by atoms with Crippen LogP contribution in [-0.2, 0) is 4.74 Å². The van der Waals surface area contributed by atoms with Crippen molar-refractivity contribution in [3.05, 3.63) is 53.1 Å². The molecule has 3 rings (SSSR count). The first kappa shape index (κ1) is 15.9. The van der Waals surface area contributed by atoms with Crippen LogP contribution >= 0.6 is 23.2 Å². The predicted molar refractivity (Wildman–Crippen MR) is 85.3 cm³/mol. The van der Waals surface area contributed by atoms with E-state index >= 15 is 0 Å². The van der Waals surface area contributed by atoms with E-state index in [9.17, 15) is 4.39 Å². The van der Waals surface area contributed by atoms with Crippen LogP contribution in [0.15, 0.2) is 41.7 Å². The van der Waals surface area contributed by atoms with Gasteiger partial charge in [0.25, 0.3) is 0 Å². The zero-order valence-corrected chi connectivity index (χ0v) is 13.4. The van der Waals surface area contributed by atoms with Gasteiger partial charge in [-0.2, -0.15) is 0 Å². The van der Waals surface area contributed by atoms with Crippen LogP contribution in [0.5, 0.6) is 0 Å². The standard InChI is InChI=1S/C16H17Cl2FN2O/c17-13-2-1-4-16(18,7-13)22-15(11-3-5-20-8-11)12-6-14(19)10-21-9-12/h1-2,6-7,9-11,15,20H,3-5,8H2/t11-,15+,16?/m1/s1. The van der Waals surface area contributed by atoms with Gasteiger partial charge in [0.1, 0.15) is 5.82 Å². The third-order valence-corrected chi connectivity index (χ3v) is 4.52. The number of allylic oxidation sites excluding steroid dienone is 2. The molecule has 3 nitrogen and oxygen atoms in total. The van der Waals surface area contributed by atoms with Crippen molar-refractivity contribution in [1.29, 1.82) is 0 Å². The van der Waals surface area contributed by atoms with Gasteiger partial charge >= 0.3 is 0 Å². The van der Waals surface area contributed by atoms with Crippen molar-refractivity contribution in [3.63, 3.8) is 0 Å². The Labute approximate surface area is 139 Å². The Kier molecular flexibility index (Phi) is 4.83. The summed E-state index contributed by atoms with van der Waals surface area (Å²) < 4.78 is 19.7. The number of nitrogens with one attached hydrogen (secondary N) is 1. The van der Waals surface area contributed by atoms with Crippen LogP contribution in [0.1, 0.15) is 24.5 Å². The van der Waals surface area contributed by atoms with Crippen LogP contribution in [0.25, 0.3) is 0 Å². The number of rotatable bonds is 4. The summed E-state index contributed by atoms with van der Waals surface area (Å²) in [6, 6.07) is 1.46. The van der Waals surface area contributed by atoms with Crippen molar-refractivity contribution >= 4 is 23.2 Å². The zero-order chi connectivity index (χ0) is 15.6. The lowest BCUT2D eigenvalue weighted by Gasteiger charge is -2.33. The van der Waals surface area contributed by atoms with Gasteiger partial charge in [0.05, 0.1) is 12.3 Å². The summed E-state index contributed by atoms with van der Waals surface area (Å²) in [5.74, 6) is -0.157. The molecule has 0 saturated carbocycles. The number of halogens is 3. The molecule has 2 heterocycles. The van der Waals surface area contributed by atoms with Crippen molar-refractivity contribution in [2.24, 2.45) is 5.92 Å². The minimum absolute atomic E-state index is 0.220. The van der Waals surface area contributed by atoms with Crippen molar-refractivity contribution in [3.8, 4) is 0 Å². The highest BCUT2D eigenvalue weighted by Gasteiger charge is 2.36. The van der Waals surface area contributed by atoms with Crippen molar-refractivity contribution in [2.75, 3.05) is 13.1 Å². The summed E-state index contributed by atoms with van der Waals surface area (Å²) in [6.07, 6.45) is 9.32. The highest BCUT2D eigenvalue weighted by Crippen LogP contribution is 2.40. The normalized spacial score (nSPS) is 29.4. The Bertz CT molecular complexity index is 602. The van der Waals surface area contributed by atoms with Gasteiger partial charge in [-0.15, -0.1) is 0 Å². The first-order valence-electron chi connectivity index (χ1n) is 7.28. The van der Waals surface area contributed by atoms with E-state index in [-0.39, 0.29) is 17.8 Å². The molecule has 1 unspecified atom stereocenters. The topological polar surface area (TPSA) is 34.1 Å². The molecule has 3 atom stereocenters. The fourth-order valence-electron chi connectivity index (χ4n) is 2.89. The largest absolute Gasteiger partial charge is 0.347 e. The minimum atomic E-state index is -1.01. The lowest BCUT2D eigenvalue weighted by atomic mass is 9.95. The van der Waals surface area contributed by atoms with Gasteiger partial charge in [0.15, 0.2) is 5.06 Å². The Morgan fingerprint density at radius 3 is 3.00 bits per heavy atom. The van der Waals surface area contributed by atoms with E-state index in [2.05, 4.69) is 10.3 Å². The van der Waals surface area contributed by atoms with Gasteiger partial charge in [-0.25, -0.2) is 4.39 Å². The number of hydrogen-bond donors (Lipinski definition) is 1. The van der Waals surface area contributed by atoms with Gasteiger partial charge < -0.3 is 10.1 Å². The molecule has 0 aromatic carbocycles. The molecule has 1 saturated heterocycles. The molecule has 1 N–H and O–H groups in total. The fraction of sp³-hybridized carbons (Fsp3) is 0.438. The molecule has 1 aliphatic carbocycles. The number of ether oxygens (including phenoxy) is 1. The average Bonchev–Trinajstić information content (AvgIpc) is 2.98. The lowest BCUT2D eigenvalue weighted by Crippen LogP contribution is -2.31. The average molecular weight is 343 g/mol. The van der Waals surface area contributed by atoms with E-state index in [1.807, 2.05) is 6.08 Å². The van der Waals surface area contributed by atoms with Gasteiger partial charge in [-0.05, 0) is 31.2 Å². The number of aromatic nitrogens is 1. The van der Waals surface area contributed by atoms with Crippen LogP contribution in [0, 0.1) is 11.7 Å². The van der Waals surface area contributed by atoms with Crippen LogP contribution in [0.4, 0.5) is 4.39 Å². The molecule has 1 aromatic rings. The number of nitrogens with zero attached hydrogens (tertiary/aromatic N) is 1. The molecule has 1 fully saturated rings. The molecular formula is C16H17Cl2FN2O. The molecule has 6 heteroatoms. The summed E-state index contributed by atoms with van der Waals surface area (Å²) in [5, 5.41) is 2.84.